The van der Waals surface area contributed by atoms with Crippen molar-refractivity contribution in [2.24, 2.45) is 11.8 Å². The largest absolute Gasteiger partial charge is 0.395 e. The summed E-state index contributed by atoms with van der Waals surface area (Å²) in [6.07, 6.45) is 5.67. The molecule has 0 bridgehead atoms. The summed E-state index contributed by atoms with van der Waals surface area (Å²) in [5.74, 6) is 0.0169. The van der Waals surface area contributed by atoms with Gasteiger partial charge < -0.3 is 10.0 Å². The molecular weight excluding hydrogens is 350 g/mol. The Labute approximate surface area is 164 Å². The molecule has 0 radical (unpaired) electrons. The zero-order valence-corrected chi connectivity index (χ0v) is 15.6. The second-order valence-corrected chi connectivity index (χ2v) is 7.34. The fourth-order valence-electron chi connectivity index (χ4n) is 3.82. The molecule has 2 aromatic rings. The van der Waals surface area contributed by atoms with Crippen LogP contribution in [0, 0.1) is 11.8 Å². The molecule has 2 aliphatic rings. The number of Topliss-reactive ketones (excluding diaryl/α,β-unsaturated/α-hetero) is 2. The number of aliphatic hydroxyl groups is 1. The molecule has 1 saturated carbocycles. The maximum absolute atomic E-state index is 13.3. The third kappa shape index (κ3) is 3.69. The Kier molecular flexibility index (Phi) is 5.22. The van der Waals surface area contributed by atoms with E-state index in [9.17, 15) is 14.7 Å². The van der Waals surface area contributed by atoms with Crippen molar-refractivity contribution >= 4 is 11.6 Å². The number of ketones is 2. The lowest BCUT2D eigenvalue weighted by atomic mass is 9.79. The van der Waals surface area contributed by atoms with E-state index in [1.807, 2.05) is 48.8 Å². The summed E-state index contributed by atoms with van der Waals surface area (Å²) in [7, 11) is 0. The third-order valence-corrected chi connectivity index (χ3v) is 5.33. The highest BCUT2D eigenvalue weighted by atomic mass is 16.3. The number of carbonyl (C=O) groups excluding carboxylic acids is 2. The molecule has 1 N–H and O–H groups in total. The number of allylic oxidation sites excluding steroid dienone is 2. The van der Waals surface area contributed by atoms with Gasteiger partial charge in [-0.15, -0.1) is 0 Å². The molecule has 4 rings (SSSR count). The minimum absolute atomic E-state index is 0.0492. The molecule has 0 atom stereocenters. The van der Waals surface area contributed by atoms with Crippen LogP contribution in [0.2, 0.25) is 0 Å². The molecule has 0 aromatic heterocycles. The minimum atomic E-state index is -0.199. The first-order valence-electron chi connectivity index (χ1n) is 9.68. The first-order chi connectivity index (χ1) is 13.7. The first-order valence-corrected chi connectivity index (χ1v) is 9.68. The average Bonchev–Trinajstić information content (AvgIpc) is 3.59. The highest BCUT2D eigenvalue weighted by Gasteiger charge is 2.42. The summed E-state index contributed by atoms with van der Waals surface area (Å²) < 4.78 is 0. The SMILES string of the molecule is O=C(C1=CN(CCO)C=C(C(=O)c2ccccc2)C1C1CC1)c1ccccc1. The second kappa shape index (κ2) is 7.95. The maximum Gasteiger partial charge on any atom is 0.191 e. The van der Waals surface area contributed by atoms with Crippen molar-refractivity contribution in [1.29, 1.82) is 0 Å². The lowest BCUT2D eigenvalue weighted by Gasteiger charge is -2.31. The van der Waals surface area contributed by atoms with Crippen molar-refractivity contribution in [1.82, 2.24) is 4.90 Å². The van der Waals surface area contributed by atoms with Crippen LogP contribution in [0.15, 0.2) is 84.2 Å². The Balaban J connectivity index is 1.75. The van der Waals surface area contributed by atoms with Crippen LogP contribution in [-0.4, -0.2) is 34.7 Å². The standard InChI is InChI=1S/C24H23NO3/c26-14-13-25-15-20(23(27)18-7-3-1-4-8-18)22(17-11-12-17)21(16-25)24(28)19-9-5-2-6-10-19/h1-10,15-17,22,26H,11-14H2. The number of hydrogen-bond acceptors (Lipinski definition) is 4. The summed E-state index contributed by atoms with van der Waals surface area (Å²) in [6.45, 7) is 0.287. The van der Waals surface area contributed by atoms with Crippen LogP contribution in [0.4, 0.5) is 0 Å². The van der Waals surface area contributed by atoms with Crippen LogP contribution in [0.25, 0.3) is 0 Å². The van der Waals surface area contributed by atoms with E-state index in [1.54, 1.807) is 29.2 Å². The van der Waals surface area contributed by atoms with E-state index in [0.717, 1.165) is 12.8 Å². The number of hydrogen-bond donors (Lipinski definition) is 1. The Morgan fingerprint density at radius 1 is 0.821 bits per heavy atom. The molecule has 1 aliphatic heterocycles. The van der Waals surface area contributed by atoms with Crippen LogP contribution in [0.1, 0.15) is 33.6 Å². The summed E-state index contributed by atoms with van der Waals surface area (Å²) in [5.41, 5.74) is 2.53. The van der Waals surface area contributed by atoms with Crippen molar-refractivity contribution in [2.45, 2.75) is 12.8 Å². The maximum atomic E-state index is 13.3. The van der Waals surface area contributed by atoms with Crippen molar-refractivity contribution < 1.29 is 14.7 Å². The molecular formula is C24H23NO3. The van der Waals surface area contributed by atoms with Crippen LogP contribution >= 0.6 is 0 Å². The van der Waals surface area contributed by atoms with Crippen LogP contribution in [0.5, 0.6) is 0 Å². The number of nitrogens with zero attached hydrogens (tertiary/aromatic N) is 1. The van der Waals surface area contributed by atoms with Gasteiger partial charge in [-0.1, -0.05) is 60.7 Å². The Morgan fingerprint density at radius 2 is 1.29 bits per heavy atom. The minimum Gasteiger partial charge on any atom is -0.395 e. The van der Waals surface area contributed by atoms with Gasteiger partial charge in [-0.25, -0.2) is 0 Å². The number of rotatable bonds is 7. The monoisotopic (exact) mass is 373 g/mol. The summed E-state index contributed by atoms with van der Waals surface area (Å²) >= 11 is 0. The highest BCUT2D eigenvalue weighted by molar-refractivity contribution is 6.14. The zero-order chi connectivity index (χ0) is 19.5. The van der Waals surface area contributed by atoms with Gasteiger partial charge >= 0.3 is 0 Å². The number of carbonyl (C=O) groups is 2. The molecule has 28 heavy (non-hydrogen) atoms. The van der Waals surface area contributed by atoms with Crippen LogP contribution < -0.4 is 0 Å². The van der Waals surface area contributed by atoms with Crippen LogP contribution in [0.3, 0.4) is 0 Å². The molecule has 142 valence electrons. The third-order valence-electron chi connectivity index (χ3n) is 5.33. The van der Waals surface area contributed by atoms with E-state index in [0.29, 0.717) is 34.7 Å². The fraction of sp³-hybridized carbons (Fsp3) is 0.250. The van der Waals surface area contributed by atoms with Gasteiger partial charge in [-0.05, 0) is 18.8 Å². The molecule has 4 nitrogen and oxygen atoms in total. The molecule has 0 unspecified atom stereocenters. The molecule has 1 heterocycles. The van der Waals surface area contributed by atoms with Gasteiger partial charge in [-0.3, -0.25) is 9.59 Å². The zero-order valence-electron chi connectivity index (χ0n) is 15.6. The molecule has 1 aliphatic carbocycles. The highest BCUT2D eigenvalue weighted by Crippen LogP contribution is 2.47. The second-order valence-electron chi connectivity index (χ2n) is 7.34. The van der Waals surface area contributed by atoms with Crippen molar-refractivity contribution in [3.63, 3.8) is 0 Å². The summed E-state index contributed by atoms with van der Waals surface area (Å²) in [4.78, 5) is 28.4. The van der Waals surface area contributed by atoms with E-state index in [1.165, 1.54) is 0 Å². The van der Waals surface area contributed by atoms with Gasteiger partial charge in [0.2, 0.25) is 0 Å². The summed E-state index contributed by atoms with van der Waals surface area (Å²) in [6, 6.07) is 18.4. The van der Waals surface area contributed by atoms with Crippen molar-refractivity contribution in [2.75, 3.05) is 13.2 Å². The lowest BCUT2D eigenvalue weighted by Crippen LogP contribution is -2.31. The van der Waals surface area contributed by atoms with Gasteiger partial charge in [0, 0.05) is 47.1 Å². The molecule has 2 aromatic carbocycles. The smallest absolute Gasteiger partial charge is 0.191 e. The van der Waals surface area contributed by atoms with Gasteiger partial charge in [0.15, 0.2) is 11.6 Å². The van der Waals surface area contributed by atoms with E-state index >= 15 is 0 Å². The normalized spacial score (nSPS) is 17.1. The number of β-amino-alcohol motifs (C(OH)–C–C–N with tert-alkyl or cyclic N) is 1. The quantitative estimate of drug-likeness (QED) is 0.749. The Bertz CT molecular complexity index is 857. The van der Waals surface area contributed by atoms with Crippen molar-refractivity contribution in [3.05, 3.63) is 95.3 Å². The van der Waals surface area contributed by atoms with Gasteiger partial charge in [0.1, 0.15) is 0 Å². The van der Waals surface area contributed by atoms with Crippen LogP contribution in [-0.2, 0) is 0 Å². The van der Waals surface area contributed by atoms with Gasteiger partial charge in [0.05, 0.1) is 6.61 Å². The molecule has 0 amide bonds. The number of aliphatic hydroxyl groups excluding tert-OH is 1. The van der Waals surface area contributed by atoms with E-state index in [4.69, 9.17) is 0 Å². The molecule has 0 saturated heterocycles. The average molecular weight is 373 g/mol. The molecule has 0 spiro atoms. The first kappa shape index (κ1) is 18.4. The Hall–Kier alpha value is -2.98. The molecule has 4 heteroatoms. The Morgan fingerprint density at radius 3 is 1.68 bits per heavy atom. The predicted molar refractivity (Wildman–Crippen MR) is 108 cm³/mol. The van der Waals surface area contributed by atoms with E-state index in [2.05, 4.69) is 0 Å². The summed E-state index contributed by atoms with van der Waals surface area (Å²) in [5, 5.41) is 9.42. The lowest BCUT2D eigenvalue weighted by molar-refractivity contribution is 0.0995. The topological polar surface area (TPSA) is 57.6 Å². The number of benzene rings is 2. The molecule has 1 fully saturated rings. The van der Waals surface area contributed by atoms with Crippen molar-refractivity contribution in [3.8, 4) is 0 Å². The fourth-order valence-corrected chi connectivity index (χ4v) is 3.82. The van der Waals surface area contributed by atoms with E-state index in [-0.39, 0.29) is 24.1 Å². The van der Waals surface area contributed by atoms with Gasteiger partial charge in [-0.2, -0.15) is 0 Å². The van der Waals surface area contributed by atoms with E-state index < -0.39 is 0 Å². The van der Waals surface area contributed by atoms with Gasteiger partial charge in [0.25, 0.3) is 0 Å². The predicted octanol–water partition coefficient (Wildman–Crippen LogP) is 3.85.